The zero-order chi connectivity index (χ0) is 20.6. The molecule has 0 atom stereocenters. The maximum atomic E-state index is 12.4. The lowest BCUT2D eigenvalue weighted by molar-refractivity contribution is -0.116. The van der Waals surface area contributed by atoms with Crippen LogP contribution in [0.4, 0.5) is 11.4 Å². The topological polar surface area (TPSA) is 44.8 Å². The van der Waals surface area contributed by atoms with Crippen LogP contribution < -0.4 is 10.2 Å². The molecule has 1 saturated heterocycles. The zero-order valence-electron chi connectivity index (χ0n) is 17.2. The molecule has 0 unspecified atom stereocenters. The number of ether oxygens (including phenoxy) is 1. The van der Waals surface area contributed by atoms with Gasteiger partial charge in [-0.3, -0.25) is 9.69 Å². The second-order valence-corrected chi connectivity index (χ2v) is 8.08. The van der Waals surface area contributed by atoms with E-state index in [1.54, 1.807) is 0 Å². The summed E-state index contributed by atoms with van der Waals surface area (Å²) in [5, 5.41) is 3.75. The van der Waals surface area contributed by atoms with E-state index >= 15 is 0 Å². The van der Waals surface area contributed by atoms with Crippen molar-refractivity contribution in [1.29, 1.82) is 0 Å². The molecule has 0 bridgehead atoms. The van der Waals surface area contributed by atoms with Gasteiger partial charge < -0.3 is 15.0 Å². The molecule has 1 heterocycles. The van der Waals surface area contributed by atoms with E-state index in [-0.39, 0.29) is 5.91 Å². The van der Waals surface area contributed by atoms with Crippen molar-refractivity contribution in [2.24, 2.45) is 0 Å². The molecule has 1 fully saturated rings. The van der Waals surface area contributed by atoms with E-state index in [4.69, 9.17) is 16.3 Å². The van der Waals surface area contributed by atoms with Gasteiger partial charge in [0, 0.05) is 55.0 Å². The summed E-state index contributed by atoms with van der Waals surface area (Å²) in [6.45, 7) is 9.11. The van der Waals surface area contributed by atoms with Gasteiger partial charge in [-0.1, -0.05) is 23.7 Å². The molecule has 1 N–H and O–H groups in total. The quantitative estimate of drug-likeness (QED) is 0.693. The number of rotatable bonds is 8. The summed E-state index contributed by atoms with van der Waals surface area (Å²) >= 11 is 6.09. The Morgan fingerprint density at radius 2 is 1.90 bits per heavy atom. The van der Waals surface area contributed by atoms with Gasteiger partial charge >= 0.3 is 0 Å². The molecule has 156 valence electrons. The molecule has 2 aromatic rings. The largest absolute Gasteiger partial charge is 0.378 e. The van der Waals surface area contributed by atoms with Crippen LogP contribution >= 0.6 is 11.6 Å². The lowest BCUT2D eigenvalue weighted by Crippen LogP contribution is -2.36. The highest BCUT2D eigenvalue weighted by Crippen LogP contribution is 2.19. The molecule has 0 spiro atoms. The minimum absolute atomic E-state index is 0.0286. The number of carbonyl (C=O) groups excluding carboxylic acids is 1. The fraction of sp³-hybridized carbons (Fsp3) is 0.435. The molecule has 1 aliphatic heterocycles. The Balaban J connectivity index is 1.49. The van der Waals surface area contributed by atoms with Crippen LogP contribution in [0.25, 0.3) is 0 Å². The molecule has 1 aliphatic rings. The van der Waals surface area contributed by atoms with E-state index in [1.807, 2.05) is 30.3 Å². The Labute approximate surface area is 178 Å². The van der Waals surface area contributed by atoms with Crippen molar-refractivity contribution in [3.8, 4) is 0 Å². The van der Waals surface area contributed by atoms with Crippen LogP contribution in [0.3, 0.4) is 0 Å². The molecule has 29 heavy (non-hydrogen) atoms. The Morgan fingerprint density at radius 3 is 2.55 bits per heavy atom. The maximum Gasteiger partial charge on any atom is 0.225 e. The van der Waals surface area contributed by atoms with Crippen molar-refractivity contribution in [3.05, 3.63) is 59.1 Å². The minimum atomic E-state index is 0.0286. The predicted molar refractivity (Wildman–Crippen MR) is 120 cm³/mol. The number of halogens is 1. The van der Waals surface area contributed by atoms with Crippen LogP contribution in [0, 0.1) is 0 Å². The van der Waals surface area contributed by atoms with Gasteiger partial charge in [-0.25, -0.2) is 0 Å². The van der Waals surface area contributed by atoms with E-state index in [0.717, 1.165) is 49.1 Å². The number of morpholine rings is 1. The zero-order valence-corrected chi connectivity index (χ0v) is 18.0. The Bertz CT molecular complexity index is 789. The molecule has 2 aromatic carbocycles. The molecular weight excluding hydrogens is 386 g/mol. The lowest BCUT2D eigenvalue weighted by atomic mass is 10.1. The number of hydrogen-bond acceptors (Lipinski definition) is 4. The van der Waals surface area contributed by atoms with Crippen LogP contribution in [-0.4, -0.2) is 49.7 Å². The number of nitrogens with zero attached hydrogens (tertiary/aromatic N) is 2. The van der Waals surface area contributed by atoms with Crippen LogP contribution in [0.5, 0.6) is 0 Å². The Kier molecular flexibility index (Phi) is 7.92. The van der Waals surface area contributed by atoms with E-state index in [2.05, 4.69) is 47.2 Å². The lowest BCUT2D eigenvalue weighted by Gasteiger charge is -2.29. The van der Waals surface area contributed by atoms with Crippen molar-refractivity contribution in [2.45, 2.75) is 32.9 Å². The number of amides is 1. The maximum absolute atomic E-state index is 12.4. The SMILES string of the molecule is CC(C)N(CCC(=O)Nc1ccc(N2CCOCC2)cc1)Cc1cccc(Cl)c1. The monoisotopic (exact) mass is 415 g/mol. The third-order valence-corrected chi connectivity index (χ3v) is 5.39. The van der Waals surface area contributed by atoms with E-state index in [0.29, 0.717) is 19.0 Å². The van der Waals surface area contributed by atoms with Gasteiger partial charge in [-0.15, -0.1) is 0 Å². The fourth-order valence-electron chi connectivity index (χ4n) is 3.44. The molecule has 3 rings (SSSR count). The van der Waals surface area contributed by atoms with Gasteiger partial charge in [0.25, 0.3) is 0 Å². The van der Waals surface area contributed by atoms with Crippen LogP contribution in [0.15, 0.2) is 48.5 Å². The summed E-state index contributed by atoms with van der Waals surface area (Å²) in [4.78, 5) is 17.0. The van der Waals surface area contributed by atoms with Crippen LogP contribution in [0.2, 0.25) is 5.02 Å². The normalized spacial score (nSPS) is 14.4. The average Bonchev–Trinajstić information content (AvgIpc) is 2.72. The number of anilines is 2. The predicted octanol–water partition coefficient (Wildman–Crippen LogP) is 4.42. The molecular formula is C23H30ClN3O2. The number of nitrogens with one attached hydrogen (secondary N) is 1. The van der Waals surface area contributed by atoms with Gasteiger partial charge in [0.2, 0.25) is 5.91 Å². The minimum Gasteiger partial charge on any atom is -0.378 e. The van der Waals surface area contributed by atoms with Gasteiger partial charge in [0.15, 0.2) is 0 Å². The highest BCUT2D eigenvalue weighted by atomic mass is 35.5. The first kappa shape index (κ1) is 21.6. The van der Waals surface area contributed by atoms with Crippen molar-refractivity contribution in [2.75, 3.05) is 43.1 Å². The third kappa shape index (κ3) is 6.74. The van der Waals surface area contributed by atoms with Gasteiger partial charge in [-0.2, -0.15) is 0 Å². The molecule has 0 aliphatic carbocycles. The summed E-state index contributed by atoms with van der Waals surface area (Å²) in [7, 11) is 0. The average molecular weight is 416 g/mol. The summed E-state index contributed by atoms with van der Waals surface area (Å²) in [6.07, 6.45) is 0.448. The van der Waals surface area contributed by atoms with Crippen molar-refractivity contribution in [3.63, 3.8) is 0 Å². The first-order valence-electron chi connectivity index (χ1n) is 10.2. The van der Waals surface area contributed by atoms with Crippen molar-refractivity contribution < 1.29 is 9.53 Å². The highest BCUT2D eigenvalue weighted by Gasteiger charge is 2.14. The van der Waals surface area contributed by atoms with E-state index < -0.39 is 0 Å². The standard InChI is InChI=1S/C23H30ClN3O2/c1-18(2)27(17-19-4-3-5-20(24)16-19)11-10-23(28)25-21-6-8-22(9-7-21)26-12-14-29-15-13-26/h3-9,16,18H,10-15,17H2,1-2H3,(H,25,28). The molecule has 0 aromatic heterocycles. The second-order valence-electron chi connectivity index (χ2n) is 7.64. The molecule has 6 heteroatoms. The van der Waals surface area contributed by atoms with Crippen molar-refractivity contribution in [1.82, 2.24) is 4.90 Å². The second kappa shape index (κ2) is 10.6. The van der Waals surface area contributed by atoms with Gasteiger partial charge in [0.1, 0.15) is 0 Å². The van der Waals surface area contributed by atoms with E-state index in [9.17, 15) is 4.79 Å². The number of carbonyl (C=O) groups is 1. The van der Waals surface area contributed by atoms with Gasteiger partial charge in [-0.05, 0) is 55.8 Å². The summed E-state index contributed by atoms with van der Waals surface area (Å²) in [6, 6.07) is 16.3. The molecule has 0 saturated carbocycles. The smallest absolute Gasteiger partial charge is 0.225 e. The fourth-order valence-corrected chi connectivity index (χ4v) is 3.65. The number of hydrogen-bond donors (Lipinski definition) is 1. The first-order chi connectivity index (χ1) is 14.0. The molecule has 0 radical (unpaired) electrons. The van der Waals surface area contributed by atoms with E-state index in [1.165, 1.54) is 5.69 Å². The Morgan fingerprint density at radius 1 is 1.17 bits per heavy atom. The van der Waals surface area contributed by atoms with Crippen LogP contribution in [0.1, 0.15) is 25.8 Å². The summed E-state index contributed by atoms with van der Waals surface area (Å²) in [5.41, 5.74) is 3.15. The molecule has 1 amide bonds. The summed E-state index contributed by atoms with van der Waals surface area (Å²) in [5.74, 6) is 0.0286. The Hall–Kier alpha value is -2.08. The highest BCUT2D eigenvalue weighted by molar-refractivity contribution is 6.30. The molecule has 5 nitrogen and oxygen atoms in total. The number of benzene rings is 2. The van der Waals surface area contributed by atoms with Crippen molar-refractivity contribution >= 4 is 28.9 Å². The van der Waals surface area contributed by atoms with Crippen LogP contribution in [-0.2, 0) is 16.1 Å². The summed E-state index contributed by atoms with van der Waals surface area (Å²) < 4.78 is 5.39. The van der Waals surface area contributed by atoms with Gasteiger partial charge in [0.05, 0.1) is 13.2 Å². The third-order valence-electron chi connectivity index (χ3n) is 5.16. The first-order valence-corrected chi connectivity index (χ1v) is 10.6.